The van der Waals surface area contributed by atoms with E-state index in [9.17, 15) is 9.90 Å². The number of carbonyl (C=O) groups excluding carboxylic acids is 1. The van der Waals surface area contributed by atoms with Gasteiger partial charge < -0.3 is 20.5 Å². The van der Waals surface area contributed by atoms with Crippen molar-refractivity contribution in [1.82, 2.24) is 20.2 Å². The number of anilines is 1. The Kier molecular flexibility index (Phi) is 6.03. The topological polar surface area (TPSA) is 99.6 Å². The molecule has 1 atom stereocenters. The van der Waals surface area contributed by atoms with Crippen LogP contribution in [0, 0.1) is 6.92 Å². The molecule has 1 aromatic heterocycles. The number of fused-ring (bicyclic) bond motifs is 1. The molecule has 3 N–H and O–H groups in total. The zero-order chi connectivity index (χ0) is 20.2. The number of aromatic nitrogens is 2. The highest BCUT2D eigenvalue weighted by Gasteiger charge is 2.22. The molecule has 0 radical (unpaired) electrons. The van der Waals surface area contributed by atoms with Gasteiger partial charge in [0.25, 0.3) is 5.91 Å². The van der Waals surface area contributed by atoms with Gasteiger partial charge in [0.2, 0.25) is 0 Å². The number of ether oxygens (including phenoxy) is 1. The molecule has 29 heavy (non-hydrogen) atoms. The molecule has 0 unspecified atom stereocenters. The van der Waals surface area contributed by atoms with Gasteiger partial charge in [0.05, 0.1) is 25.4 Å². The van der Waals surface area contributed by atoms with Gasteiger partial charge in [-0.05, 0) is 24.5 Å². The molecule has 2 aliphatic rings. The lowest BCUT2D eigenvalue weighted by atomic mass is 10.00. The first-order chi connectivity index (χ1) is 14.1. The van der Waals surface area contributed by atoms with E-state index in [0.717, 1.165) is 19.5 Å². The Hall–Kier alpha value is -2.55. The van der Waals surface area contributed by atoms with Crippen LogP contribution in [0.15, 0.2) is 30.6 Å². The summed E-state index contributed by atoms with van der Waals surface area (Å²) in [4.78, 5) is 23.1. The molecule has 0 aliphatic carbocycles. The summed E-state index contributed by atoms with van der Waals surface area (Å²) in [7, 11) is 0. The van der Waals surface area contributed by atoms with E-state index in [4.69, 9.17) is 4.74 Å². The molecule has 2 aromatic rings. The van der Waals surface area contributed by atoms with Crippen LogP contribution in [-0.4, -0.2) is 70.9 Å². The van der Waals surface area contributed by atoms with Gasteiger partial charge in [0, 0.05) is 31.7 Å². The molecule has 0 spiro atoms. The molecule has 8 heteroatoms. The smallest absolute Gasteiger partial charge is 0.270 e. The third-order valence-electron chi connectivity index (χ3n) is 5.45. The molecule has 2 aliphatic heterocycles. The third kappa shape index (κ3) is 4.72. The van der Waals surface area contributed by atoms with E-state index in [-0.39, 0.29) is 18.5 Å². The van der Waals surface area contributed by atoms with Crippen molar-refractivity contribution >= 4 is 11.7 Å². The Morgan fingerprint density at radius 3 is 2.86 bits per heavy atom. The second-order valence-electron chi connectivity index (χ2n) is 7.69. The molecule has 3 heterocycles. The maximum Gasteiger partial charge on any atom is 0.270 e. The number of aliphatic hydroxyl groups is 1. The van der Waals surface area contributed by atoms with Crippen molar-refractivity contribution in [1.29, 1.82) is 0 Å². The Bertz CT molecular complexity index is 871. The lowest BCUT2D eigenvalue weighted by Crippen LogP contribution is -2.42. The molecule has 1 fully saturated rings. The van der Waals surface area contributed by atoms with Crippen LogP contribution in [-0.2, 0) is 17.7 Å². The van der Waals surface area contributed by atoms with Gasteiger partial charge in [-0.25, -0.2) is 9.97 Å². The van der Waals surface area contributed by atoms with Gasteiger partial charge in [0.1, 0.15) is 17.8 Å². The van der Waals surface area contributed by atoms with Crippen LogP contribution in [0.2, 0.25) is 0 Å². The maximum atomic E-state index is 12.6. The van der Waals surface area contributed by atoms with E-state index in [1.54, 1.807) is 0 Å². The van der Waals surface area contributed by atoms with Crippen molar-refractivity contribution in [3.8, 4) is 0 Å². The van der Waals surface area contributed by atoms with Crippen LogP contribution in [0.5, 0.6) is 0 Å². The Morgan fingerprint density at radius 1 is 1.31 bits per heavy atom. The van der Waals surface area contributed by atoms with Crippen molar-refractivity contribution in [3.63, 3.8) is 0 Å². The predicted molar refractivity (Wildman–Crippen MR) is 109 cm³/mol. The molecule has 1 amide bonds. The first-order valence-corrected chi connectivity index (χ1v) is 10.0. The first kappa shape index (κ1) is 19.8. The molecule has 154 valence electrons. The van der Waals surface area contributed by atoms with E-state index in [2.05, 4.69) is 43.7 Å². The fourth-order valence-corrected chi connectivity index (χ4v) is 3.70. The molecule has 8 nitrogen and oxygen atoms in total. The number of amides is 1. The largest absolute Gasteiger partial charge is 0.390 e. The van der Waals surface area contributed by atoms with Crippen molar-refractivity contribution in [3.05, 3.63) is 53.0 Å². The van der Waals surface area contributed by atoms with Gasteiger partial charge in [0.15, 0.2) is 0 Å². The van der Waals surface area contributed by atoms with Crippen LogP contribution in [0.1, 0.15) is 27.2 Å². The number of nitrogens with zero attached hydrogens (tertiary/aromatic N) is 3. The van der Waals surface area contributed by atoms with Crippen LogP contribution in [0.3, 0.4) is 0 Å². The first-order valence-electron chi connectivity index (χ1n) is 10.0. The fraction of sp³-hybridized carbons (Fsp3) is 0.476. The van der Waals surface area contributed by atoms with Crippen molar-refractivity contribution in [2.24, 2.45) is 0 Å². The minimum Gasteiger partial charge on any atom is -0.390 e. The van der Waals surface area contributed by atoms with Crippen LogP contribution < -0.4 is 10.6 Å². The van der Waals surface area contributed by atoms with E-state index in [1.807, 2.05) is 13.0 Å². The summed E-state index contributed by atoms with van der Waals surface area (Å²) < 4.78 is 5.15. The summed E-state index contributed by atoms with van der Waals surface area (Å²) in [6.45, 7) is 5.53. The molecule has 1 aromatic carbocycles. The zero-order valence-electron chi connectivity index (χ0n) is 16.6. The summed E-state index contributed by atoms with van der Waals surface area (Å²) in [5.41, 5.74) is 3.70. The lowest BCUT2D eigenvalue weighted by molar-refractivity contribution is 0.0209. The highest BCUT2D eigenvalue weighted by Crippen LogP contribution is 2.19. The average Bonchev–Trinajstić information content (AvgIpc) is 2.70. The van der Waals surface area contributed by atoms with Crippen molar-refractivity contribution in [2.75, 3.05) is 38.2 Å². The van der Waals surface area contributed by atoms with Crippen molar-refractivity contribution in [2.45, 2.75) is 32.0 Å². The van der Waals surface area contributed by atoms with Crippen LogP contribution >= 0.6 is 0 Å². The Labute approximate surface area is 170 Å². The average molecular weight is 397 g/mol. The van der Waals surface area contributed by atoms with Crippen LogP contribution in [0.25, 0.3) is 0 Å². The zero-order valence-corrected chi connectivity index (χ0v) is 16.6. The lowest BCUT2D eigenvalue weighted by Gasteiger charge is -2.30. The number of hydrogen-bond donors (Lipinski definition) is 3. The summed E-state index contributed by atoms with van der Waals surface area (Å²) >= 11 is 0. The number of carbonyl (C=O) groups is 1. The molecule has 4 rings (SSSR count). The normalized spacial score (nSPS) is 17.9. The summed E-state index contributed by atoms with van der Waals surface area (Å²) in [5, 5.41) is 16.5. The van der Waals surface area contributed by atoms with E-state index >= 15 is 0 Å². The van der Waals surface area contributed by atoms with E-state index in [0.29, 0.717) is 36.8 Å². The maximum absolute atomic E-state index is 12.6. The van der Waals surface area contributed by atoms with E-state index < -0.39 is 6.10 Å². The number of β-amino-alcohol motifs (C(OH)–C–C–N with tert-alkyl or cyclic N) is 1. The van der Waals surface area contributed by atoms with Gasteiger partial charge in [-0.15, -0.1) is 0 Å². The molecule has 0 bridgehead atoms. The van der Waals surface area contributed by atoms with Gasteiger partial charge in [-0.2, -0.15) is 0 Å². The second-order valence-corrected chi connectivity index (χ2v) is 7.69. The predicted octanol–water partition coefficient (Wildman–Crippen LogP) is 0.745. The monoisotopic (exact) mass is 397 g/mol. The number of aliphatic hydroxyl groups excluding tert-OH is 1. The molecule has 0 saturated carbocycles. The Balaban J connectivity index is 1.29. The highest BCUT2D eigenvalue weighted by molar-refractivity contribution is 5.94. The number of rotatable bonds is 7. The SMILES string of the molecule is Cc1c(NC2COC2)ncnc1C(=O)NC[C@H](O)CN1CCc2ccccc2C1. The van der Waals surface area contributed by atoms with Gasteiger partial charge in [-0.3, -0.25) is 9.69 Å². The summed E-state index contributed by atoms with van der Waals surface area (Å²) in [6.07, 6.45) is 1.72. The second kappa shape index (κ2) is 8.86. The third-order valence-corrected chi connectivity index (χ3v) is 5.45. The van der Waals surface area contributed by atoms with E-state index in [1.165, 1.54) is 17.5 Å². The number of benzene rings is 1. The van der Waals surface area contributed by atoms with Gasteiger partial charge in [-0.1, -0.05) is 24.3 Å². The standard InChI is InChI=1S/C21H27N5O3/c1-14-19(23-13-24-20(14)25-17-11-29-12-17)21(28)22-8-18(27)10-26-7-6-15-4-2-3-5-16(15)9-26/h2-5,13,17-18,27H,6-12H2,1H3,(H,22,28)(H,23,24,25)/t18-/m0/s1. The Morgan fingerprint density at radius 2 is 2.10 bits per heavy atom. The molecular weight excluding hydrogens is 370 g/mol. The minimum atomic E-state index is -0.643. The molecule has 1 saturated heterocycles. The fourth-order valence-electron chi connectivity index (χ4n) is 3.70. The number of nitrogens with one attached hydrogen (secondary N) is 2. The van der Waals surface area contributed by atoms with Crippen LogP contribution in [0.4, 0.5) is 5.82 Å². The number of hydrogen-bond acceptors (Lipinski definition) is 7. The highest BCUT2D eigenvalue weighted by atomic mass is 16.5. The quantitative estimate of drug-likeness (QED) is 0.634. The van der Waals surface area contributed by atoms with Crippen molar-refractivity contribution < 1.29 is 14.6 Å². The summed E-state index contributed by atoms with van der Waals surface area (Å²) in [5.74, 6) is 0.340. The molecular formula is C21H27N5O3. The minimum absolute atomic E-state index is 0.180. The summed E-state index contributed by atoms with van der Waals surface area (Å²) in [6, 6.07) is 8.62. The van der Waals surface area contributed by atoms with Gasteiger partial charge >= 0.3 is 0 Å².